The molecule has 0 heterocycles. The first-order valence-electron chi connectivity index (χ1n) is 4.97. The topological polar surface area (TPSA) is 41.5 Å². The summed E-state index contributed by atoms with van der Waals surface area (Å²) in [5.74, 6) is 1.06. The van der Waals surface area contributed by atoms with Crippen LogP contribution in [0.4, 0.5) is 5.69 Å². The Bertz CT molecular complexity index is 294. The van der Waals surface area contributed by atoms with Crippen LogP contribution in [0.15, 0.2) is 24.3 Å². The van der Waals surface area contributed by atoms with Gasteiger partial charge in [0.1, 0.15) is 5.75 Å². The lowest BCUT2D eigenvalue weighted by atomic mass is 10.3. The smallest absolute Gasteiger partial charge is 0.121 e. The van der Waals surface area contributed by atoms with Crippen molar-refractivity contribution in [1.29, 1.82) is 0 Å². The third-order valence-corrected chi connectivity index (χ3v) is 2.22. The fourth-order valence-corrected chi connectivity index (χ4v) is 1.26. The predicted octanol–water partition coefficient (Wildman–Crippen LogP) is 2.10. The second-order valence-electron chi connectivity index (χ2n) is 3.15. The van der Waals surface area contributed by atoms with Crippen molar-refractivity contribution in [3.63, 3.8) is 0 Å². The summed E-state index contributed by atoms with van der Waals surface area (Å²) in [6.07, 6.45) is -0.526. The maximum atomic E-state index is 9.27. The Morgan fingerprint density at radius 2 is 2.33 bits per heavy atom. The van der Waals surface area contributed by atoms with Gasteiger partial charge in [-0.1, -0.05) is 6.07 Å². The van der Waals surface area contributed by atoms with Crippen molar-refractivity contribution < 1.29 is 9.84 Å². The van der Waals surface area contributed by atoms with Crippen molar-refractivity contribution >= 4 is 17.3 Å². The van der Waals surface area contributed by atoms with E-state index in [1.807, 2.05) is 31.2 Å². The molecule has 3 nitrogen and oxygen atoms in total. The Balaban J connectivity index is 2.50. The van der Waals surface area contributed by atoms with Crippen LogP contribution in [0.25, 0.3) is 0 Å². The lowest BCUT2D eigenvalue weighted by Crippen LogP contribution is -2.20. The third kappa shape index (κ3) is 4.40. The zero-order chi connectivity index (χ0) is 11.1. The van der Waals surface area contributed by atoms with Gasteiger partial charge in [0, 0.05) is 18.3 Å². The van der Waals surface area contributed by atoms with Gasteiger partial charge in [0.05, 0.1) is 18.6 Å². The first-order valence-corrected chi connectivity index (χ1v) is 5.50. The van der Waals surface area contributed by atoms with E-state index < -0.39 is 6.10 Å². The van der Waals surface area contributed by atoms with E-state index in [-0.39, 0.29) is 5.88 Å². The molecule has 1 atom stereocenters. The monoisotopic (exact) mass is 229 g/mol. The van der Waals surface area contributed by atoms with Gasteiger partial charge >= 0.3 is 0 Å². The van der Waals surface area contributed by atoms with Gasteiger partial charge in [-0.2, -0.15) is 0 Å². The van der Waals surface area contributed by atoms with Crippen LogP contribution in [0.5, 0.6) is 5.75 Å². The Morgan fingerprint density at radius 3 is 3.00 bits per heavy atom. The molecule has 0 radical (unpaired) electrons. The molecule has 2 N–H and O–H groups in total. The van der Waals surface area contributed by atoms with E-state index >= 15 is 0 Å². The summed E-state index contributed by atoms with van der Waals surface area (Å²) in [6, 6.07) is 7.61. The molecule has 1 unspecified atom stereocenters. The molecule has 0 saturated carbocycles. The number of benzene rings is 1. The second-order valence-corrected chi connectivity index (χ2v) is 3.46. The number of aliphatic hydroxyl groups excluding tert-OH is 1. The van der Waals surface area contributed by atoms with Crippen molar-refractivity contribution in [1.82, 2.24) is 0 Å². The van der Waals surface area contributed by atoms with E-state index in [9.17, 15) is 5.11 Å². The summed E-state index contributed by atoms with van der Waals surface area (Å²) in [5, 5.41) is 12.3. The normalized spacial score (nSPS) is 12.2. The Kier molecular flexibility index (Phi) is 5.29. The summed E-state index contributed by atoms with van der Waals surface area (Å²) in [4.78, 5) is 0. The standard InChI is InChI=1S/C11H16ClNO2/c1-2-15-11-5-3-4-9(6-11)13-8-10(14)7-12/h3-6,10,13-14H,2,7-8H2,1H3. The zero-order valence-corrected chi connectivity index (χ0v) is 9.50. The molecule has 0 amide bonds. The second kappa shape index (κ2) is 6.53. The molecular weight excluding hydrogens is 214 g/mol. The number of aliphatic hydroxyl groups is 1. The van der Waals surface area contributed by atoms with Crippen LogP contribution in [-0.4, -0.2) is 30.2 Å². The highest BCUT2D eigenvalue weighted by Crippen LogP contribution is 2.17. The Morgan fingerprint density at radius 1 is 1.53 bits per heavy atom. The van der Waals surface area contributed by atoms with Crippen molar-refractivity contribution in [3.05, 3.63) is 24.3 Å². The maximum Gasteiger partial charge on any atom is 0.121 e. The highest BCUT2D eigenvalue weighted by molar-refractivity contribution is 6.18. The lowest BCUT2D eigenvalue weighted by molar-refractivity contribution is 0.211. The van der Waals surface area contributed by atoms with E-state index in [0.717, 1.165) is 11.4 Å². The molecule has 1 aromatic rings. The predicted molar refractivity (Wildman–Crippen MR) is 62.8 cm³/mol. The molecule has 84 valence electrons. The summed E-state index contributed by atoms with van der Waals surface area (Å²) in [5.41, 5.74) is 0.921. The van der Waals surface area contributed by atoms with E-state index in [0.29, 0.717) is 13.2 Å². The number of halogens is 1. The molecule has 0 saturated heterocycles. The third-order valence-electron chi connectivity index (χ3n) is 1.86. The van der Waals surface area contributed by atoms with Gasteiger partial charge in [-0.3, -0.25) is 0 Å². The van der Waals surface area contributed by atoms with Crippen LogP contribution in [-0.2, 0) is 0 Å². The van der Waals surface area contributed by atoms with Gasteiger partial charge in [-0.05, 0) is 19.1 Å². The van der Waals surface area contributed by atoms with Crippen LogP contribution in [0.3, 0.4) is 0 Å². The molecule has 1 rings (SSSR count). The average Bonchev–Trinajstić information content (AvgIpc) is 2.27. The first kappa shape index (κ1) is 12.1. The fourth-order valence-electron chi connectivity index (χ4n) is 1.15. The van der Waals surface area contributed by atoms with Crippen molar-refractivity contribution in [2.45, 2.75) is 13.0 Å². The quantitative estimate of drug-likeness (QED) is 0.734. The fraction of sp³-hybridized carbons (Fsp3) is 0.455. The van der Waals surface area contributed by atoms with Gasteiger partial charge < -0.3 is 15.2 Å². The Hall–Kier alpha value is -0.930. The molecular formula is C11H16ClNO2. The number of hydrogen-bond acceptors (Lipinski definition) is 3. The van der Waals surface area contributed by atoms with Gasteiger partial charge in [0.15, 0.2) is 0 Å². The molecule has 0 aliphatic rings. The van der Waals surface area contributed by atoms with Crippen LogP contribution in [0.1, 0.15) is 6.92 Å². The zero-order valence-electron chi connectivity index (χ0n) is 8.74. The molecule has 0 bridgehead atoms. The summed E-state index contributed by atoms with van der Waals surface area (Å²) >= 11 is 5.48. The minimum Gasteiger partial charge on any atom is -0.494 e. The number of alkyl halides is 1. The number of nitrogens with one attached hydrogen (secondary N) is 1. The molecule has 4 heteroatoms. The maximum absolute atomic E-state index is 9.27. The van der Waals surface area contributed by atoms with Crippen molar-refractivity contribution in [3.8, 4) is 5.75 Å². The first-order chi connectivity index (χ1) is 7.26. The number of anilines is 1. The van der Waals surface area contributed by atoms with E-state index in [1.165, 1.54) is 0 Å². The van der Waals surface area contributed by atoms with Gasteiger partial charge in [-0.15, -0.1) is 11.6 Å². The number of rotatable bonds is 6. The molecule has 0 aromatic heterocycles. The van der Waals surface area contributed by atoms with Gasteiger partial charge in [-0.25, -0.2) is 0 Å². The van der Waals surface area contributed by atoms with E-state index in [2.05, 4.69) is 5.32 Å². The van der Waals surface area contributed by atoms with Crippen LogP contribution in [0, 0.1) is 0 Å². The Labute approximate surface area is 95.0 Å². The molecule has 0 aliphatic carbocycles. The van der Waals surface area contributed by atoms with Gasteiger partial charge in [0.25, 0.3) is 0 Å². The van der Waals surface area contributed by atoms with Crippen molar-refractivity contribution in [2.75, 3.05) is 24.3 Å². The minimum atomic E-state index is -0.526. The molecule has 0 spiro atoms. The molecule has 0 fully saturated rings. The van der Waals surface area contributed by atoms with E-state index in [4.69, 9.17) is 16.3 Å². The lowest BCUT2D eigenvalue weighted by Gasteiger charge is -2.11. The van der Waals surface area contributed by atoms with E-state index in [1.54, 1.807) is 0 Å². The van der Waals surface area contributed by atoms with Crippen LogP contribution < -0.4 is 10.1 Å². The number of hydrogen-bond donors (Lipinski definition) is 2. The number of ether oxygens (including phenoxy) is 1. The molecule has 0 aliphatic heterocycles. The van der Waals surface area contributed by atoms with Crippen LogP contribution >= 0.6 is 11.6 Å². The average molecular weight is 230 g/mol. The summed E-state index contributed by atoms with van der Waals surface area (Å²) in [6.45, 7) is 3.03. The molecule has 15 heavy (non-hydrogen) atoms. The largest absolute Gasteiger partial charge is 0.494 e. The van der Waals surface area contributed by atoms with Gasteiger partial charge in [0.2, 0.25) is 0 Å². The summed E-state index contributed by atoms with van der Waals surface area (Å²) < 4.78 is 5.35. The minimum absolute atomic E-state index is 0.234. The van der Waals surface area contributed by atoms with Crippen LogP contribution in [0.2, 0.25) is 0 Å². The highest BCUT2D eigenvalue weighted by atomic mass is 35.5. The summed E-state index contributed by atoms with van der Waals surface area (Å²) in [7, 11) is 0. The van der Waals surface area contributed by atoms with Crippen molar-refractivity contribution in [2.24, 2.45) is 0 Å². The SMILES string of the molecule is CCOc1cccc(NCC(O)CCl)c1. The molecule has 1 aromatic carbocycles. The highest BCUT2D eigenvalue weighted by Gasteiger charge is 2.01.